The highest BCUT2D eigenvalue weighted by molar-refractivity contribution is 5.76. The van der Waals surface area contributed by atoms with Gasteiger partial charge in [0.25, 0.3) is 0 Å². The molecule has 0 spiro atoms. The van der Waals surface area contributed by atoms with Crippen molar-refractivity contribution >= 4 is 17.1 Å². The third-order valence-electron chi connectivity index (χ3n) is 1.94. The summed E-state index contributed by atoms with van der Waals surface area (Å²) in [4.78, 5) is 7.47. The van der Waals surface area contributed by atoms with Crippen molar-refractivity contribution in [2.24, 2.45) is 0 Å². The van der Waals surface area contributed by atoms with Gasteiger partial charge < -0.3 is 10.1 Å². The maximum atomic E-state index is 9.06. The quantitative estimate of drug-likeness (QED) is 0.756. The van der Waals surface area contributed by atoms with E-state index in [2.05, 4.69) is 9.97 Å². The molecule has 0 fully saturated rings. The van der Waals surface area contributed by atoms with Crippen LogP contribution in [0.4, 0.5) is 0 Å². The van der Waals surface area contributed by atoms with Gasteiger partial charge in [0.2, 0.25) is 0 Å². The molecule has 0 saturated carbocycles. The van der Waals surface area contributed by atoms with E-state index in [9.17, 15) is 0 Å². The van der Waals surface area contributed by atoms with Crippen LogP contribution in [0.2, 0.25) is 0 Å². The summed E-state index contributed by atoms with van der Waals surface area (Å²) < 4.78 is 0. The number of aliphatic hydroxyl groups excluding tert-OH is 1. The molecule has 14 heavy (non-hydrogen) atoms. The third kappa shape index (κ3) is 1.83. The lowest BCUT2D eigenvalue weighted by atomic mass is 10.3. The fourth-order valence-corrected chi connectivity index (χ4v) is 1.28. The summed E-state index contributed by atoms with van der Waals surface area (Å²) in [6, 6.07) is 7.83. The van der Waals surface area contributed by atoms with Gasteiger partial charge in [-0.3, -0.25) is 0 Å². The lowest BCUT2D eigenvalue weighted by Gasteiger charge is -1.90. The molecule has 1 heterocycles. The second kappa shape index (κ2) is 3.64. The summed E-state index contributed by atoms with van der Waals surface area (Å²) >= 11 is 0. The number of fused-ring (bicyclic) bond motifs is 1. The highest BCUT2D eigenvalue weighted by Gasteiger charge is 1.97. The Morgan fingerprint density at radius 1 is 1.43 bits per heavy atom. The van der Waals surface area contributed by atoms with E-state index in [0.29, 0.717) is 0 Å². The molecule has 3 heteroatoms. The van der Waals surface area contributed by atoms with E-state index in [1.54, 1.807) is 19.1 Å². The number of para-hydroxylation sites is 2. The van der Waals surface area contributed by atoms with Crippen LogP contribution in [0.5, 0.6) is 0 Å². The molecule has 0 saturated heterocycles. The molecule has 1 atom stereocenters. The Morgan fingerprint density at radius 3 is 2.93 bits per heavy atom. The normalized spacial score (nSPS) is 13.9. The monoisotopic (exact) mass is 188 g/mol. The summed E-state index contributed by atoms with van der Waals surface area (Å²) in [5, 5.41) is 9.06. The SMILES string of the molecule is C[C@@H](O)/C=C\c1nc2ccccc2[nH]1. The van der Waals surface area contributed by atoms with Crippen LogP contribution in [0, 0.1) is 0 Å². The number of hydrogen-bond acceptors (Lipinski definition) is 2. The summed E-state index contributed by atoms with van der Waals surface area (Å²) in [5.74, 6) is 0.770. The Bertz CT molecular complexity index is 424. The second-order valence-electron chi connectivity index (χ2n) is 3.24. The molecule has 0 aliphatic rings. The van der Waals surface area contributed by atoms with Crippen LogP contribution in [0.15, 0.2) is 30.3 Å². The van der Waals surface area contributed by atoms with Gasteiger partial charge >= 0.3 is 0 Å². The Morgan fingerprint density at radius 2 is 2.21 bits per heavy atom. The zero-order valence-corrected chi connectivity index (χ0v) is 7.94. The fraction of sp³-hybridized carbons (Fsp3) is 0.182. The number of rotatable bonds is 2. The molecule has 72 valence electrons. The van der Waals surface area contributed by atoms with Crippen molar-refractivity contribution < 1.29 is 5.11 Å². The highest BCUT2D eigenvalue weighted by atomic mass is 16.3. The molecule has 0 bridgehead atoms. The summed E-state index contributed by atoms with van der Waals surface area (Å²) in [6.07, 6.45) is 3.03. The van der Waals surface area contributed by atoms with Crippen molar-refractivity contribution in [3.8, 4) is 0 Å². The molecule has 2 rings (SSSR count). The molecule has 1 aromatic carbocycles. The minimum atomic E-state index is -0.441. The smallest absolute Gasteiger partial charge is 0.130 e. The van der Waals surface area contributed by atoms with Crippen LogP contribution in [-0.2, 0) is 0 Å². The molecule has 0 radical (unpaired) electrons. The zero-order valence-electron chi connectivity index (χ0n) is 7.94. The number of benzene rings is 1. The van der Waals surface area contributed by atoms with Crippen LogP contribution >= 0.6 is 0 Å². The first kappa shape index (κ1) is 8.97. The molecule has 1 aromatic heterocycles. The van der Waals surface area contributed by atoms with Crippen molar-refractivity contribution in [3.63, 3.8) is 0 Å². The van der Waals surface area contributed by atoms with Crippen LogP contribution in [0.25, 0.3) is 17.1 Å². The molecule has 2 aromatic rings. The average Bonchev–Trinajstić information content (AvgIpc) is 2.57. The Balaban J connectivity index is 2.36. The van der Waals surface area contributed by atoms with Gasteiger partial charge in [0.1, 0.15) is 5.82 Å². The third-order valence-corrected chi connectivity index (χ3v) is 1.94. The van der Waals surface area contributed by atoms with Crippen LogP contribution in [-0.4, -0.2) is 21.2 Å². The average molecular weight is 188 g/mol. The largest absolute Gasteiger partial charge is 0.389 e. The maximum Gasteiger partial charge on any atom is 0.130 e. The van der Waals surface area contributed by atoms with Crippen molar-refractivity contribution in [2.45, 2.75) is 13.0 Å². The van der Waals surface area contributed by atoms with Crippen LogP contribution in [0.1, 0.15) is 12.7 Å². The lowest BCUT2D eigenvalue weighted by Crippen LogP contribution is -1.91. The first-order chi connectivity index (χ1) is 6.75. The predicted octanol–water partition coefficient (Wildman–Crippen LogP) is 1.96. The minimum Gasteiger partial charge on any atom is -0.389 e. The molecular formula is C11H12N2O. The predicted molar refractivity (Wildman–Crippen MR) is 56.8 cm³/mol. The van der Waals surface area contributed by atoms with Gasteiger partial charge in [-0.25, -0.2) is 4.98 Å². The number of nitrogens with one attached hydrogen (secondary N) is 1. The molecule has 0 unspecified atom stereocenters. The Labute approximate surface area is 82.1 Å². The van der Waals surface area contributed by atoms with Crippen LogP contribution in [0.3, 0.4) is 0 Å². The van der Waals surface area contributed by atoms with Gasteiger partial charge in [-0.05, 0) is 25.1 Å². The van der Waals surface area contributed by atoms with E-state index >= 15 is 0 Å². The number of aromatic amines is 1. The summed E-state index contributed by atoms with van der Waals surface area (Å²) in [6.45, 7) is 1.71. The van der Waals surface area contributed by atoms with E-state index in [-0.39, 0.29) is 0 Å². The zero-order chi connectivity index (χ0) is 9.97. The standard InChI is InChI=1S/C11H12N2O/c1-8(14)6-7-11-12-9-4-2-3-5-10(9)13-11/h2-8,14H,1H3,(H,12,13)/b7-6-/t8-/m1/s1. The van der Waals surface area contributed by atoms with Gasteiger partial charge in [0.05, 0.1) is 17.1 Å². The summed E-state index contributed by atoms with van der Waals surface area (Å²) in [7, 11) is 0. The Kier molecular flexibility index (Phi) is 2.33. The molecule has 0 amide bonds. The van der Waals surface area contributed by atoms with Gasteiger partial charge in [0.15, 0.2) is 0 Å². The van der Waals surface area contributed by atoms with E-state index < -0.39 is 6.10 Å². The highest BCUT2D eigenvalue weighted by Crippen LogP contribution is 2.11. The summed E-state index contributed by atoms with van der Waals surface area (Å²) in [5.41, 5.74) is 1.95. The maximum absolute atomic E-state index is 9.06. The number of nitrogens with zero attached hydrogens (tertiary/aromatic N) is 1. The first-order valence-corrected chi connectivity index (χ1v) is 4.57. The van der Waals surface area contributed by atoms with Crippen molar-refractivity contribution in [1.82, 2.24) is 9.97 Å². The van der Waals surface area contributed by atoms with E-state index in [1.165, 1.54) is 0 Å². The Hall–Kier alpha value is -1.61. The van der Waals surface area contributed by atoms with Crippen molar-refractivity contribution in [3.05, 3.63) is 36.2 Å². The minimum absolute atomic E-state index is 0.441. The van der Waals surface area contributed by atoms with Gasteiger partial charge in [-0.1, -0.05) is 18.2 Å². The van der Waals surface area contributed by atoms with E-state index in [1.807, 2.05) is 24.3 Å². The number of aliphatic hydroxyl groups is 1. The number of H-pyrrole nitrogens is 1. The van der Waals surface area contributed by atoms with Crippen molar-refractivity contribution in [2.75, 3.05) is 0 Å². The topological polar surface area (TPSA) is 48.9 Å². The number of hydrogen-bond donors (Lipinski definition) is 2. The molecule has 0 aliphatic heterocycles. The van der Waals surface area contributed by atoms with Gasteiger partial charge in [0, 0.05) is 0 Å². The number of imidazole rings is 1. The molecule has 2 N–H and O–H groups in total. The second-order valence-corrected chi connectivity index (χ2v) is 3.24. The first-order valence-electron chi connectivity index (χ1n) is 4.57. The van der Waals surface area contributed by atoms with E-state index in [0.717, 1.165) is 16.9 Å². The molecule has 0 aliphatic carbocycles. The number of aromatic nitrogens is 2. The van der Waals surface area contributed by atoms with Gasteiger partial charge in [-0.2, -0.15) is 0 Å². The molecular weight excluding hydrogens is 176 g/mol. The lowest BCUT2D eigenvalue weighted by molar-refractivity contribution is 0.245. The molecule has 3 nitrogen and oxygen atoms in total. The van der Waals surface area contributed by atoms with Crippen LogP contribution < -0.4 is 0 Å². The fourth-order valence-electron chi connectivity index (χ4n) is 1.28. The van der Waals surface area contributed by atoms with E-state index in [4.69, 9.17) is 5.11 Å². The van der Waals surface area contributed by atoms with Crippen molar-refractivity contribution in [1.29, 1.82) is 0 Å². The van der Waals surface area contributed by atoms with Gasteiger partial charge in [-0.15, -0.1) is 0 Å².